The summed E-state index contributed by atoms with van der Waals surface area (Å²) in [5.41, 5.74) is 1.90. The molecule has 4 heteroatoms. The molecule has 132 valence electrons. The van der Waals surface area contributed by atoms with E-state index in [1.807, 2.05) is 54.6 Å². The number of carbonyl (C=O) groups excluding carboxylic acids is 1. The van der Waals surface area contributed by atoms with Crippen LogP contribution >= 0.6 is 0 Å². The summed E-state index contributed by atoms with van der Waals surface area (Å²) in [4.78, 5) is 12.6. The third-order valence-corrected chi connectivity index (χ3v) is 4.76. The maximum Gasteiger partial charge on any atom is 0.242 e. The standard InChI is InChI=1S/C21H26N2O2/c1-21(2)13-6-14-22-19(21)20(24)23-17-9-11-18(12-10-17)25-15-16-7-4-3-5-8-16/h3-5,7-12,19,22H,6,13-15H2,1-2H3,(H,23,24). The van der Waals surface area contributed by atoms with E-state index < -0.39 is 0 Å². The van der Waals surface area contributed by atoms with Crippen molar-refractivity contribution in [2.24, 2.45) is 5.41 Å². The molecule has 1 unspecified atom stereocenters. The first kappa shape index (κ1) is 17.5. The molecule has 25 heavy (non-hydrogen) atoms. The third kappa shape index (κ3) is 4.60. The van der Waals surface area contributed by atoms with Crippen LogP contribution in [0.4, 0.5) is 5.69 Å². The van der Waals surface area contributed by atoms with Gasteiger partial charge in [0.15, 0.2) is 0 Å². The Morgan fingerprint density at radius 1 is 1.16 bits per heavy atom. The number of rotatable bonds is 5. The van der Waals surface area contributed by atoms with Gasteiger partial charge in [-0.05, 0) is 54.6 Å². The molecule has 2 N–H and O–H groups in total. The highest BCUT2D eigenvalue weighted by Gasteiger charge is 2.36. The molecular formula is C21H26N2O2. The molecule has 0 aliphatic carbocycles. The van der Waals surface area contributed by atoms with Gasteiger partial charge in [0.1, 0.15) is 12.4 Å². The van der Waals surface area contributed by atoms with Gasteiger partial charge in [-0.15, -0.1) is 0 Å². The van der Waals surface area contributed by atoms with E-state index in [9.17, 15) is 4.79 Å². The fourth-order valence-electron chi connectivity index (χ4n) is 3.25. The first-order valence-electron chi connectivity index (χ1n) is 8.86. The molecule has 1 fully saturated rings. The Labute approximate surface area is 149 Å². The predicted molar refractivity (Wildman–Crippen MR) is 101 cm³/mol. The minimum absolute atomic E-state index is 0.0267. The predicted octanol–water partition coefficient (Wildman–Crippen LogP) is 3.98. The molecular weight excluding hydrogens is 312 g/mol. The van der Waals surface area contributed by atoms with E-state index in [-0.39, 0.29) is 17.4 Å². The van der Waals surface area contributed by atoms with Gasteiger partial charge in [0.2, 0.25) is 5.91 Å². The van der Waals surface area contributed by atoms with Gasteiger partial charge in [0, 0.05) is 5.69 Å². The quantitative estimate of drug-likeness (QED) is 0.867. The van der Waals surface area contributed by atoms with E-state index in [1.165, 1.54) is 0 Å². The molecule has 1 aliphatic heterocycles. The average Bonchev–Trinajstić information content (AvgIpc) is 2.61. The number of hydrogen-bond acceptors (Lipinski definition) is 3. The number of piperidine rings is 1. The molecule has 0 radical (unpaired) electrons. The summed E-state index contributed by atoms with van der Waals surface area (Å²) in [7, 11) is 0. The lowest BCUT2D eigenvalue weighted by Gasteiger charge is -2.38. The average molecular weight is 338 g/mol. The molecule has 1 heterocycles. The van der Waals surface area contributed by atoms with Crippen molar-refractivity contribution < 1.29 is 9.53 Å². The lowest BCUT2D eigenvalue weighted by Crippen LogP contribution is -2.53. The van der Waals surface area contributed by atoms with Crippen LogP contribution < -0.4 is 15.4 Å². The number of hydrogen-bond donors (Lipinski definition) is 2. The lowest BCUT2D eigenvalue weighted by molar-refractivity contribution is -0.121. The summed E-state index contributed by atoms with van der Waals surface area (Å²) < 4.78 is 5.78. The van der Waals surface area contributed by atoms with Crippen LogP contribution in [0.15, 0.2) is 54.6 Å². The molecule has 2 aromatic rings. The second-order valence-corrected chi connectivity index (χ2v) is 7.27. The van der Waals surface area contributed by atoms with Crippen molar-refractivity contribution in [3.63, 3.8) is 0 Å². The van der Waals surface area contributed by atoms with E-state index in [1.54, 1.807) is 0 Å². The zero-order valence-electron chi connectivity index (χ0n) is 14.9. The topological polar surface area (TPSA) is 50.4 Å². The summed E-state index contributed by atoms with van der Waals surface area (Å²) >= 11 is 0. The first-order chi connectivity index (χ1) is 12.0. The molecule has 4 nitrogen and oxygen atoms in total. The number of nitrogens with one attached hydrogen (secondary N) is 2. The van der Waals surface area contributed by atoms with Crippen molar-refractivity contribution in [1.82, 2.24) is 5.32 Å². The molecule has 0 bridgehead atoms. The van der Waals surface area contributed by atoms with Gasteiger partial charge in [0.05, 0.1) is 6.04 Å². The lowest BCUT2D eigenvalue weighted by atomic mass is 9.77. The molecule has 3 rings (SSSR count). The van der Waals surface area contributed by atoms with Crippen molar-refractivity contribution in [2.45, 2.75) is 39.3 Å². The number of ether oxygens (including phenoxy) is 1. The summed E-state index contributed by atoms with van der Waals surface area (Å²) in [6.45, 7) is 5.72. The maximum atomic E-state index is 12.6. The van der Waals surface area contributed by atoms with Crippen molar-refractivity contribution >= 4 is 11.6 Å². The third-order valence-electron chi connectivity index (χ3n) is 4.76. The maximum absolute atomic E-state index is 12.6. The van der Waals surface area contributed by atoms with Crippen LogP contribution in [0.25, 0.3) is 0 Å². The molecule has 0 spiro atoms. The summed E-state index contributed by atoms with van der Waals surface area (Å²) in [5, 5.41) is 6.35. The van der Waals surface area contributed by atoms with Crippen LogP contribution in [0.2, 0.25) is 0 Å². The highest BCUT2D eigenvalue weighted by atomic mass is 16.5. The van der Waals surface area contributed by atoms with Gasteiger partial charge < -0.3 is 15.4 Å². The Morgan fingerprint density at radius 2 is 1.88 bits per heavy atom. The number of anilines is 1. The Morgan fingerprint density at radius 3 is 2.56 bits per heavy atom. The van der Waals surface area contributed by atoms with E-state index in [4.69, 9.17) is 4.74 Å². The number of carbonyl (C=O) groups is 1. The second-order valence-electron chi connectivity index (χ2n) is 7.27. The summed E-state index contributed by atoms with van der Waals surface area (Å²) in [6, 6.07) is 17.4. The highest BCUT2D eigenvalue weighted by Crippen LogP contribution is 2.30. The smallest absolute Gasteiger partial charge is 0.242 e. The molecule has 0 saturated carbocycles. The summed E-state index contributed by atoms with van der Waals surface area (Å²) in [5.74, 6) is 0.820. The summed E-state index contributed by atoms with van der Waals surface area (Å²) in [6.07, 6.45) is 2.18. The Balaban J connectivity index is 1.56. The minimum Gasteiger partial charge on any atom is -0.489 e. The van der Waals surface area contributed by atoms with Crippen molar-refractivity contribution in [3.8, 4) is 5.75 Å². The number of amides is 1. The molecule has 1 aliphatic rings. The SMILES string of the molecule is CC1(C)CCCNC1C(=O)Nc1ccc(OCc2ccccc2)cc1. The van der Waals surface area contributed by atoms with Gasteiger partial charge in [-0.2, -0.15) is 0 Å². The second kappa shape index (κ2) is 7.70. The van der Waals surface area contributed by atoms with E-state index in [0.717, 1.165) is 36.4 Å². The van der Waals surface area contributed by atoms with E-state index >= 15 is 0 Å². The first-order valence-corrected chi connectivity index (χ1v) is 8.86. The molecule has 1 saturated heterocycles. The van der Waals surface area contributed by atoms with Crippen LogP contribution in [-0.4, -0.2) is 18.5 Å². The Hall–Kier alpha value is -2.33. The minimum atomic E-state index is -0.157. The van der Waals surface area contributed by atoms with Crippen molar-refractivity contribution in [1.29, 1.82) is 0 Å². The van der Waals surface area contributed by atoms with E-state index in [0.29, 0.717) is 6.61 Å². The van der Waals surface area contributed by atoms with Gasteiger partial charge in [-0.3, -0.25) is 4.79 Å². The van der Waals surface area contributed by atoms with Crippen molar-refractivity contribution in [3.05, 3.63) is 60.2 Å². The molecule has 2 aromatic carbocycles. The Bertz CT molecular complexity index is 696. The monoisotopic (exact) mass is 338 g/mol. The van der Waals surface area contributed by atoms with Crippen LogP contribution in [0, 0.1) is 5.41 Å². The zero-order valence-corrected chi connectivity index (χ0v) is 14.9. The van der Waals surface area contributed by atoms with Crippen LogP contribution in [0.5, 0.6) is 5.75 Å². The van der Waals surface area contributed by atoms with Crippen LogP contribution in [0.3, 0.4) is 0 Å². The largest absolute Gasteiger partial charge is 0.489 e. The highest BCUT2D eigenvalue weighted by molar-refractivity contribution is 5.95. The fourth-order valence-corrected chi connectivity index (χ4v) is 3.25. The Kier molecular flexibility index (Phi) is 5.39. The van der Waals surface area contributed by atoms with Crippen molar-refractivity contribution in [2.75, 3.05) is 11.9 Å². The number of benzene rings is 2. The normalized spacial score (nSPS) is 19.2. The zero-order chi connectivity index (χ0) is 17.7. The molecule has 1 atom stereocenters. The van der Waals surface area contributed by atoms with Gasteiger partial charge in [-0.25, -0.2) is 0 Å². The van der Waals surface area contributed by atoms with Crippen LogP contribution in [0.1, 0.15) is 32.3 Å². The van der Waals surface area contributed by atoms with Gasteiger partial charge >= 0.3 is 0 Å². The van der Waals surface area contributed by atoms with Gasteiger partial charge in [0.25, 0.3) is 0 Å². The molecule has 1 amide bonds. The van der Waals surface area contributed by atoms with Crippen LogP contribution in [-0.2, 0) is 11.4 Å². The van der Waals surface area contributed by atoms with E-state index in [2.05, 4.69) is 24.5 Å². The fraction of sp³-hybridized carbons (Fsp3) is 0.381. The van der Waals surface area contributed by atoms with Gasteiger partial charge in [-0.1, -0.05) is 44.2 Å². The molecule has 0 aromatic heterocycles.